The van der Waals surface area contributed by atoms with Crippen molar-refractivity contribution in [2.45, 2.75) is 45.6 Å². The van der Waals surface area contributed by atoms with Gasteiger partial charge in [0.1, 0.15) is 0 Å². The van der Waals surface area contributed by atoms with E-state index in [1.165, 1.54) is 25.8 Å². The van der Waals surface area contributed by atoms with Crippen LogP contribution in [0.1, 0.15) is 39.5 Å². The molecule has 1 unspecified atom stereocenters. The fraction of sp³-hybridized carbons (Fsp3) is 0.933. The summed E-state index contributed by atoms with van der Waals surface area (Å²) < 4.78 is 5.60. The molecular weight excluding hydrogens is 252 g/mol. The van der Waals surface area contributed by atoms with E-state index in [9.17, 15) is 0 Å². The molecule has 0 aliphatic carbocycles. The molecule has 1 aliphatic heterocycles. The van der Waals surface area contributed by atoms with Gasteiger partial charge in [0.15, 0.2) is 5.96 Å². The minimum absolute atomic E-state index is 0.317. The van der Waals surface area contributed by atoms with Crippen LogP contribution in [0, 0.1) is 0 Å². The number of nitrogens with one attached hydrogen (secondary N) is 2. The normalized spacial score (nSPS) is 19.6. The number of nitrogens with zero attached hydrogens (tertiary/aromatic N) is 2. The monoisotopic (exact) mass is 284 g/mol. The summed E-state index contributed by atoms with van der Waals surface area (Å²) in [5.41, 5.74) is 0. The molecule has 0 saturated carbocycles. The predicted molar refractivity (Wildman–Crippen MR) is 85.4 cm³/mol. The Morgan fingerprint density at radius 3 is 2.80 bits per heavy atom. The van der Waals surface area contributed by atoms with Gasteiger partial charge in [-0.2, -0.15) is 0 Å². The lowest BCUT2D eigenvalue weighted by molar-refractivity contribution is 0.117. The Hall–Kier alpha value is -0.810. The molecule has 1 atom stereocenters. The van der Waals surface area contributed by atoms with Crippen molar-refractivity contribution in [1.29, 1.82) is 0 Å². The third kappa shape index (κ3) is 7.70. The third-order valence-corrected chi connectivity index (χ3v) is 3.50. The van der Waals surface area contributed by atoms with E-state index in [0.29, 0.717) is 6.10 Å². The van der Waals surface area contributed by atoms with Crippen LogP contribution >= 0.6 is 0 Å². The lowest BCUT2D eigenvalue weighted by atomic mass is 10.2. The van der Waals surface area contributed by atoms with Crippen molar-refractivity contribution in [2.24, 2.45) is 4.99 Å². The van der Waals surface area contributed by atoms with Crippen molar-refractivity contribution in [3.8, 4) is 0 Å². The zero-order valence-electron chi connectivity index (χ0n) is 13.5. The summed E-state index contributed by atoms with van der Waals surface area (Å²) in [5, 5.41) is 6.68. The fourth-order valence-electron chi connectivity index (χ4n) is 2.23. The first-order valence-corrected chi connectivity index (χ1v) is 8.08. The highest BCUT2D eigenvalue weighted by Crippen LogP contribution is 2.11. The van der Waals surface area contributed by atoms with Crippen LogP contribution in [0.5, 0.6) is 0 Å². The number of ether oxygens (including phenoxy) is 1. The Bertz CT molecular complexity index is 265. The number of hydrogen-bond acceptors (Lipinski definition) is 3. The molecule has 1 fully saturated rings. The van der Waals surface area contributed by atoms with Gasteiger partial charge < -0.3 is 20.3 Å². The summed E-state index contributed by atoms with van der Waals surface area (Å²) >= 11 is 0. The Balaban J connectivity index is 2.21. The molecule has 20 heavy (non-hydrogen) atoms. The number of hydrogen-bond donors (Lipinski definition) is 2. The quantitative estimate of drug-likeness (QED) is 0.497. The molecule has 1 heterocycles. The van der Waals surface area contributed by atoms with Gasteiger partial charge in [-0.25, -0.2) is 0 Å². The molecule has 0 aromatic carbocycles. The van der Waals surface area contributed by atoms with Gasteiger partial charge in [0.25, 0.3) is 0 Å². The van der Waals surface area contributed by atoms with E-state index in [2.05, 4.69) is 41.4 Å². The van der Waals surface area contributed by atoms with Crippen LogP contribution in [0.2, 0.25) is 0 Å². The maximum atomic E-state index is 5.60. The Morgan fingerprint density at radius 1 is 1.30 bits per heavy atom. The maximum Gasteiger partial charge on any atom is 0.191 e. The van der Waals surface area contributed by atoms with Crippen LogP contribution in [-0.4, -0.2) is 63.3 Å². The van der Waals surface area contributed by atoms with E-state index in [1.54, 1.807) is 0 Å². The topological polar surface area (TPSA) is 48.9 Å². The van der Waals surface area contributed by atoms with E-state index >= 15 is 0 Å². The van der Waals surface area contributed by atoms with Crippen molar-refractivity contribution in [3.05, 3.63) is 0 Å². The van der Waals surface area contributed by atoms with Gasteiger partial charge in [0.05, 0.1) is 12.6 Å². The highest BCUT2D eigenvalue weighted by Gasteiger charge is 2.14. The van der Waals surface area contributed by atoms with Gasteiger partial charge in [0, 0.05) is 26.2 Å². The van der Waals surface area contributed by atoms with Gasteiger partial charge in [-0.1, -0.05) is 13.3 Å². The molecule has 5 nitrogen and oxygen atoms in total. The summed E-state index contributed by atoms with van der Waals surface area (Å²) in [4.78, 5) is 6.97. The highest BCUT2D eigenvalue weighted by molar-refractivity contribution is 5.79. The third-order valence-electron chi connectivity index (χ3n) is 3.50. The van der Waals surface area contributed by atoms with Gasteiger partial charge in [-0.15, -0.1) is 0 Å². The first-order valence-electron chi connectivity index (χ1n) is 8.08. The maximum absolute atomic E-state index is 5.60. The number of aliphatic imine (C=N–C) groups is 1. The fourth-order valence-corrected chi connectivity index (χ4v) is 2.23. The largest absolute Gasteiger partial charge is 0.376 e. The van der Waals surface area contributed by atoms with Gasteiger partial charge in [0.2, 0.25) is 0 Å². The summed E-state index contributed by atoms with van der Waals surface area (Å²) in [6.45, 7) is 10.0. The van der Waals surface area contributed by atoms with Crippen molar-refractivity contribution >= 4 is 5.96 Å². The molecule has 0 aromatic rings. The summed E-state index contributed by atoms with van der Waals surface area (Å²) in [6, 6.07) is 0. The number of unbranched alkanes of at least 4 members (excludes halogenated alkanes) is 1. The van der Waals surface area contributed by atoms with E-state index in [4.69, 9.17) is 4.74 Å². The van der Waals surface area contributed by atoms with Crippen LogP contribution < -0.4 is 10.6 Å². The Labute approximate surface area is 124 Å². The number of rotatable bonds is 9. The first-order chi connectivity index (χ1) is 9.76. The van der Waals surface area contributed by atoms with E-state index in [-0.39, 0.29) is 0 Å². The molecular formula is C15H32N4O. The minimum atomic E-state index is 0.317. The van der Waals surface area contributed by atoms with Crippen LogP contribution in [0.4, 0.5) is 0 Å². The van der Waals surface area contributed by atoms with Gasteiger partial charge >= 0.3 is 0 Å². The molecule has 0 bridgehead atoms. The average Bonchev–Trinajstić information content (AvgIpc) is 2.95. The molecule has 1 rings (SSSR count). The first kappa shape index (κ1) is 17.2. The highest BCUT2D eigenvalue weighted by atomic mass is 16.5. The van der Waals surface area contributed by atoms with Crippen LogP contribution in [0.15, 0.2) is 4.99 Å². The standard InChI is InChI=1S/C15H32N4O/c1-4-6-10-19(3)11-9-17-15(16-5-2)18-13-14-8-7-12-20-14/h14H,4-13H2,1-3H3,(H2,16,17,18). The summed E-state index contributed by atoms with van der Waals surface area (Å²) in [7, 11) is 2.17. The van der Waals surface area contributed by atoms with Crippen LogP contribution in [0.3, 0.4) is 0 Å². The van der Waals surface area contributed by atoms with Crippen molar-refractivity contribution < 1.29 is 4.74 Å². The van der Waals surface area contributed by atoms with Crippen molar-refractivity contribution in [3.63, 3.8) is 0 Å². The number of likely N-dealkylation sites (N-methyl/N-ethyl adjacent to an activating group) is 1. The second-order valence-corrected chi connectivity index (χ2v) is 5.44. The molecule has 118 valence electrons. The summed E-state index contributed by atoms with van der Waals surface area (Å²) in [6.07, 6.45) is 5.15. The minimum Gasteiger partial charge on any atom is -0.376 e. The molecule has 1 saturated heterocycles. The molecule has 0 radical (unpaired) electrons. The zero-order chi connectivity index (χ0) is 14.6. The molecule has 0 amide bonds. The Morgan fingerprint density at radius 2 is 2.15 bits per heavy atom. The lowest BCUT2D eigenvalue weighted by Crippen LogP contribution is -2.41. The van der Waals surface area contributed by atoms with Crippen molar-refractivity contribution in [2.75, 3.05) is 46.4 Å². The Kier molecular flexibility index (Phi) is 9.41. The average molecular weight is 284 g/mol. The lowest BCUT2D eigenvalue weighted by Gasteiger charge is -2.18. The van der Waals surface area contributed by atoms with Crippen molar-refractivity contribution in [1.82, 2.24) is 15.5 Å². The van der Waals surface area contributed by atoms with Crippen LogP contribution in [-0.2, 0) is 4.74 Å². The van der Waals surface area contributed by atoms with Gasteiger partial charge in [-0.3, -0.25) is 4.99 Å². The molecule has 5 heteroatoms. The smallest absolute Gasteiger partial charge is 0.191 e. The van der Waals surface area contributed by atoms with E-state index < -0.39 is 0 Å². The van der Waals surface area contributed by atoms with Gasteiger partial charge in [-0.05, 0) is 39.8 Å². The summed E-state index contributed by atoms with van der Waals surface area (Å²) in [5.74, 6) is 0.909. The zero-order valence-corrected chi connectivity index (χ0v) is 13.5. The molecule has 0 aromatic heterocycles. The molecule has 0 spiro atoms. The van der Waals surface area contributed by atoms with E-state index in [1.807, 2.05) is 0 Å². The van der Waals surface area contributed by atoms with Crippen LogP contribution in [0.25, 0.3) is 0 Å². The number of guanidine groups is 1. The molecule has 1 aliphatic rings. The second kappa shape index (κ2) is 10.9. The predicted octanol–water partition coefficient (Wildman–Crippen LogP) is 1.45. The second-order valence-electron chi connectivity index (χ2n) is 5.44. The molecule has 2 N–H and O–H groups in total. The SMILES string of the molecule is CCCCN(C)CCNC(=NCC1CCCO1)NCC. The van der Waals surface area contributed by atoms with E-state index in [0.717, 1.165) is 45.2 Å².